The monoisotopic (exact) mass is 417 g/mol. The zero-order valence-electron chi connectivity index (χ0n) is 15.2. The first-order valence-electron chi connectivity index (χ1n) is 9.25. The van der Waals surface area contributed by atoms with Gasteiger partial charge in [0.15, 0.2) is 6.04 Å². The number of rotatable bonds is 3. The number of carbonyl (C=O) groups excluding carboxylic acids is 1. The van der Waals surface area contributed by atoms with Gasteiger partial charge in [-0.05, 0) is 66.3 Å². The van der Waals surface area contributed by atoms with Gasteiger partial charge in [-0.2, -0.15) is 10.2 Å². The number of benzene rings is 2. The highest BCUT2D eigenvalue weighted by molar-refractivity contribution is 6.42. The van der Waals surface area contributed by atoms with Gasteiger partial charge in [0.1, 0.15) is 0 Å². The van der Waals surface area contributed by atoms with E-state index in [2.05, 4.69) is 33.0 Å². The Morgan fingerprint density at radius 1 is 1.18 bits per heavy atom. The summed E-state index contributed by atoms with van der Waals surface area (Å²) in [6.07, 6.45) is 1.68. The molecule has 0 aromatic heterocycles. The maximum absolute atomic E-state index is 12.9. The normalized spacial score (nSPS) is 23.9. The van der Waals surface area contributed by atoms with E-state index in [0.717, 1.165) is 36.2 Å². The number of hydrogen-bond donors (Lipinski definition) is 3. The van der Waals surface area contributed by atoms with Crippen LogP contribution in [0.5, 0.6) is 0 Å². The molecule has 1 saturated heterocycles. The third-order valence-corrected chi connectivity index (χ3v) is 6.01. The number of nitrogens with one attached hydrogen (secondary N) is 2. The van der Waals surface area contributed by atoms with Crippen LogP contribution in [0.2, 0.25) is 10.0 Å². The molecule has 1 fully saturated rings. The molecule has 1 amide bonds. The number of anilines is 1. The van der Waals surface area contributed by atoms with E-state index in [1.807, 2.05) is 12.1 Å². The molecule has 2 aromatic carbocycles. The Labute approximate surface area is 173 Å². The first kappa shape index (κ1) is 19.2. The Hall–Kier alpha value is -2.15. The second-order valence-corrected chi connectivity index (χ2v) is 8.00. The van der Waals surface area contributed by atoms with Gasteiger partial charge >= 0.3 is 0 Å². The van der Waals surface area contributed by atoms with Gasteiger partial charge in [0.2, 0.25) is 0 Å². The van der Waals surface area contributed by atoms with Crippen molar-refractivity contribution in [2.75, 3.05) is 12.3 Å². The Morgan fingerprint density at radius 2 is 1.93 bits per heavy atom. The summed E-state index contributed by atoms with van der Waals surface area (Å²) < 4.78 is 0. The van der Waals surface area contributed by atoms with Crippen LogP contribution in [0.4, 0.5) is 5.69 Å². The summed E-state index contributed by atoms with van der Waals surface area (Å²) in [6.45, 7) is 1.22. The number of piperidine rings is 1. The zero-order valence-corrected chi connectivity index (χ0v) is 16.7. The van der Waals surface area contributed by atoms with Crippen LogP contribution in [0, 0.1) is 0 Å². The second kappa shape index (κ2) is 8.07. The molecule has 146 valence electrons. The molecule has 0 bridgehead atoms. The molecular formula is C20H21Cl2N5O. The van der Waals surface area contributed by atoms with Gasteiger partial charge in [0, 0.05) is 5.69 Å². The minimum absolute atomic E-state index is 0.132. The number of nitrogens with zero attached hydrogens (tertiary/aromatic N) is 2. The molecule has 28 heavy (non-hydrogen) atoms. The number of hydrogen-bond acceptors (Lipinski definition) is 5. The Bertz CT molecular complexity index is 916. The van der Waals surface area contributed by atoms with Gasteiger partial charge in [-0.3, -0.25) is 10.1 Å². The van der Waals surface area contributed by atoms with Gasteiger partial charge in [-0.15, -0.1) is 0 Å². The van der Waals surface area contributed by atoms with Crippen molar-refractivity contribution >= 4 is 34.8 Å². The molecule has 3 unspecified atom stereocenters. The quantitative estimate of drug-likeness (QED) is 0.653. The Balaban J connectivity index is 1.46. The van der Waals surface area contributed by atoms with Crippen molar-refractivity contribution in [2.45, 2.75) is 37.5 Å². The fourth-order valence-corrected chi connectivity index (χ4v) is 4.16. The molecule has 0 saturated carbocycles. The van der Waals surface area contributed by atoms with E-state index in [9.17, 15) is 4.79 Å². The van der Waals surface area contributed by atoms with E-state index in [-0.39, 0.29) is 12.1 Å². The molecule has 0 radical (unpaired) electrons. The van der Waals surface area contributed by atoms with Crippen molar-refractivity contribution in [3.63, 3.8) is 0 Å². The SMILES string of the molecule is Nc1ccc(C2CCNC(NC(=O)C3N=NCc4cc(Cl)c(Cl)cc43)C2)cc1. The van der Waals surface area contributed by atoms with Crippen molar-refractivity contribution in [3.8, 4) is 0 Å². The molecule has 2 aromatic rings. The number of nitrogens with two attached hydrogens (primary N) is 1. The smallest absolute Gasteiger partial charge is 0.252 e. The van der Waals surface area contributed by atoms with Crippen LogP contribution in [0.1, 0.15) is 41.5 Å². The van der Waals surface area contributed by atoms with E-state index < -0.39 is 6.04 Å². The van der Waals surface area contributed by atoms with Crippen molar-refractivity contribution in [1.82, 2.24) is 10.6 Å². The van der Waals surface area contributed by atoms with Crippen molar-refractivity contribution < 1.29 is 4.79 Å². The predicted molar refractivity (Wildman–Crippen MR) is 111 cm³/mol. The van der Waals surface area contributed by atoms with Gasteiger partial charge in [0.05, 0.1) is 22.8 Å². The zero-order chi connectivity index (χ0) is 19.7. The molecule has 0 aliphatic carbocycles. The van der Waals surface area contributed by atoms with Crippen LogP contribution >= 0.6 is 23.2 Å². The maximum atomic E-state index is 12.9. The number of halogens is 2. The summed E-state index contributed by atoms with van der Waals surface area (Å²) in [5.41, 5.74) is 9.41. The molecule has 6 nitrogen and oxygen atoms in total. The molecule has 2 aliphatic heterocycles. The van der Waals surface area contributed by atoms with Gasteiger partial charge < -0.3 is 11.1 Å². The van der Waals surface area contributed by atoms with Crippen molar-refractivity contribution in [3.05, 3.63) is 63.1 Å². The summed E-state index contributed by atoms with van der Waals surface area (Å²) >= 11 is 12.2. The predicted octanol–water partition coefficient (Wildman–Crippen LogP) is 4.19. The van der Waals surface area contributed by atoms with Gasteiger partial charge in [-0.1, -0.05) is 35.3 Å². The molecule has 4 rings (SSSR count). The fourth-order valence-electron chi connectivity index (χ4n) is 3.80. The van der Waals surface area contributed by atoms with Crippen molar-refractivity contribution in [2.24, 2.45) is 10.2 Å². The highest BCUT2D eigenvalue weighted by Gasteiger charge is 2.30. The maximum Gasteiger partial charge on any atom is 0.252 e. The Kier molecular flexibility index (Phi) is 5.53. The second-order valence-electron chi connectivity index (χ2n) is 7.19. The minimum atomic E-state index is -0.711. The van der Waals surface area contributed by atoms with Crippen LogP contribution in [-0.4, -0.2) is 18.6 Å². The third-order valence-electron chi connectivity index (χ3n) is 5.29. The van der Waals surface area contributed by atoms with E-state index in [0.29, 0.717) is 22.5 Å². The van der Waals surface area contributed by atoms with E-state index in [4.69, 9.17) is 28.9 Å². The lowest BCUT2D eigenvalue weighted by Gasteiger charge is -2.32. The third kappa shape index (κ3) is 3.99. The molecule has 8 heteroatoms. The molecule has 2 aliphatic rings. The molecular weight excluding hydrogens is 397 g/mol. The summed E-state index contributed by atoms with van der Waals surface area (Å²) in [5, 5.41) is 15.6. The largest absolute Gasteiger partial charge is 0.399 e. The van der Waals surface area contributed by atoms with Gasteiger partial charge in [0.25, 0.3) is 5.91 Å². The summed E-state index contributed by atoms with van der Waals surface area (Å²) in [6, 6.07) is 10.7. The summed E-state index contributed by atoms with van der Waals surface area (Å²) in [4.78, 5) is 12.9. The van der Waals surface area contributed by atoms with E-state index in [1.165, 1.54) is 5.56 Å². The minimum Gasteiger partial charge on any atom is -0.399 e. The van der Waals surface area contributed by atoms with E-state index >= 15 is 0 Å². The first-order valence-corrected chi connectivity index (χ1v) is 10.0. The van der Waals surface area contributed by atoms with Gasteiger partial charge in [-0.25, -0.2) is 0 Å². The van der Waals surface area contributed by atoms with Crippen LogP contribution in [0.15, 0.2) is 46.6 Å². The Morgan fingerprint density at radius 3 is 2.71 bits per heavy atom. The number of azo groups is 1. The molecule has 4 N–H and O–H groups in total. The fraction of sp³-hybridized carbons (Fsp3) is 0.350. The lowest BCUT2D eigenvalue weighted by atomic mass is 9.88. The molecule has 3 atom stereocenters. The molecule has 0 spiro atoms. The number of fused-ring (bicyclic) bond motifs is 1. The first-order chi connectivity index (χ1) is 13.5. The topological polar surface area (TPSA) is 91.9 Å². The average molecular weight is 418 g/mol. The van der Waals surface area contributed by atoms with Crippen LogP contribution < -0.4 is 16.4 Å². The summed E-state index contributed by atoms with van der Waals surface area (Å²) in [5.74, 6) is 0.166. The van der Waals surface area contributed by atoms with Crippen LogP contribution in [0.3, 0.4) is 0 Å². The summed E-state index contributed by atoms with van der Waals surface area (Å²) in [7, 11) is 0. The lowest BCUT2D eigenvalue weighted by Crippen LogP contribution is -2.50. The standard InChI is InChI=1S/C20H21Cl2N5O/c21-16-7-13-10-25-27-19(15(13)9-17(16)22)20(28)26-18-8-12(5-6-24-18)11-1-3-14(23)4-2-11/h1-4,7,9,12,18-19,24H,5-6,8,10,23H2,(H,26,28). The highest BCUT2D eigenvalue weighted by Crippen LogP contribution is 2.34. The van der Waals surface area contributed by atoms with Crippen LogP contribution in [0.25, 0.3) is 0 Å². The number of carbonyl (C=O) groups is 1. The highest BCUT2D eigenvalue weighted by atomic mass is 35.5. The van der Waals surface area contributed by atoms with Crippen LogP contribution in [-0.2, 0) is 11.3 Å². The number of nitrogen functional groups attached to an aromatic ring is 1. The van der Waals surface area contributed by atoms with E-state index in [1.54, 1.807) is 12.1 Å². The molecule has 2 heterocycles. The average Bonchev–Trinajstić information content (AvgIpc) is 2.69. The lowest BCUT2D eigenvalue weighted by molar-refractivity contribution is -0.123. The van der Waals surface area contributed by atoms with Crippen molar-refractivity contribution in [1.29, 1.82) is 0 Å². The number of amides is 1.